The second kappa shape index (κ2) is 9.75. The zero-order chi connectivity index (χ0) is 24.4. The van der Waals surface area contributed by atoms with Crippen molar-refractivity contribution in [2.75, 3.05) is 44.8 Å². The van der Waals surface area contributed by atoms with E-state index in [0.29, 0.717) is 30.2 Å². The zero-order valence-corrected chi connectivity index (χ0v) is 19.3. The summed E-state index contributed by atoms with van der Waals surface area (Å²) in [7, 11) is 1.64. The third kappa shape index (κ3) is 5.43. The van der Waals surface area contributed by atoms with E-state index in [1.54, 1.807) is 43.7 Å². The molecule has 0 bridgehead atoms. The summed E-state index contributed by atoms with van der Waals surface area (Å²) < 4.78 is 26.2. The number of halogens is 1. The van der Waals surface area contributed by atoms with Crippen LogP contribution in [0.1, 0.15) is 11.1 Å². The molecule has 1 atom stereocenters. The Labute approximate surface area is 202 Å². The van der Waals surface area contributed by atoms with Gasteiger partial charge in [0, 0.05) is 45.4 Å². The monoisotopic (exact) mass is 479 g/mol. The van der Waals surface area contributed by atoms with Gasteiger partial charge in [0.15, 0.2) is 0 Å². The molecule has 3 heterocycles. The molecule has 2 aliphatic rings. The van der Waals surface area contributed by atoms with Crippen molar-refractivity contribution in [1.29, 1.82) is 0 Å². The highest BCUT2D eigenvalue weighted by molar-refractivity contribution is 6.00. The maximum atomic E-state index is 13.4. The van der Waals surface area contributed by atoms with Gasteiger partial charge >= 0.3 is 6.03 Å². The molecule has 1 saturated heterocycles. The number of nitrogens with one attached hydrogen (secondary N) is 1. The van der Waals surface area contributed by atoms with E-state index < -0.39 is 12.1 Å². The molecule has 2 aliphatic heterocycles. The Balaban J connectivity index is 1.22. The van der Waals surface area contributed by atoms with Gasteiger partial charge in [-0.3, -0.25) is 9.69 Å². The number of amides is 2. The summed E-state index contributed by atoms with van der Waals surface area (Å²) in [6.07, 6.45) is 3.53. The Morgan fingerprint density at radius 1 is 1.23 bits per heavy atom. The van der Waals surface area contributed by atoms with Crippen molar-refractivity contribution in [3.05, 3.63) is 71.8 Å². The molecule has 10 heteroatoms. The highest BCUT2D eigenvalue weighted by atomic mass is 19.1. The van der Waals surface area contributed by atoms with Crippen LogP contribution in [0.2, 0.25) is 0 Å². The second-order valence-electron chi connectivity index (χ2n) is 8.63. The van der Waals surface area contributed by atoms with E-state index in [-0.39, 0.29) is 18.3 Å². The van der Waals surface area contributed by atoms with Gasteiger partial charge in [-0.05, 0) is 35.4 Å². The fourth-order valence-electron chi connectivity index (χ4n) is 3.92. The summed E-state index contributed by atoms with van der Waals surface area (Å²) in [5.74, 6) is 0.552. The first-order valence-corrected chi connectivity index (χ1v) is 11.4. The maximum Gasteiger partial charge on any atom is 0.342 e. The van der Waals surface area contributed by atoms with E-state index in [1.165, 1.54) is 17.0 Å². The smallest absolute Gasteiger partial charge is 0.342 e. The largest absolute Gasteiger partial charge is 0.492 e. The van der Waals surface area contributed by atoms with Gasteiger partial charge in [-0.15, -0.1) is 0 Å². The summed E-state index contributed by atoms with van der Waals surface area (Å²) in [4.78, 5) is 29.6. The number of fused-ring (bicyclic) bond motifs is 1. The Hall–Kier alpha value is -3.92. The van der Waals surface area contributed by atoms with E-state index in [0.717, 1.165) is 35.4 Å². The summed E-state index contributed by atoms with van der Waals surface area (Å²) >= 11 is 0. The molecule has 9 nitrogen and oxygen atoms in total. The Morgan fingerprint density at radius 2 is 2.09 bits per heavy atom. The quantitative estimate of drug-likeness (QED) is 0.523. The second-order valence-corrected chi connectivity index (χ2v) is 8.63. The molecule has 2 amide bonds. The number of hydrogen-bond acceptors (Lipinski definition) is 6. The predicted molar refractivity (Wildman–Crippen MR) is 126 cm³/mol. The third-order valence-electron chi connectivity index (χ3n) is 5.98. The van der Waals surface area contributed by atoms with Gasteiger partial charge in [0.2, 0.25) is 0 Å². The van der Waals surface area contributed by atoms with Gasteiger partial charge in [0.05, 0.1) is 11.9 Å². The highest BCUT2D eigenvalue weighted by Gasteiger charge is 2.31. The van der Waals surface area contributed by atoms with E-state index in [4.69, 9.17) is 9.47 Å². The molecule has 1 N–H and O–H groups in total. The highest BCUT2D eigenvalue weighted by Crippen LogP contribution is 2.34. The lowest BCUT2D eigenvalue weighted by atomic mass is 10.1. The van der Waals surface area contributed by atoms with Crippen LogP contribution < -0.4 is 19.7 Å². The Bertz CT molecular complexity index is 1240. The molecule has 0 radical (unpaired) electrons. The lowest BCUT2D eigenvalue weighted by Crippen LogP contribution is -2.50. The number of ether oxygens (including phenoxy) is 2. The zero-order valence-electron chi connectivity index (χ0n) is 19.3. The molecule has 3 aromatic rings. The van der Waals surface area contributed by atoms with Crippen LogP contribution in [0.5, 0.6) is 11.5 Å². The molecule has 1 aromatic heterocycles. The van der Waals surface area contributed by atoms with E-state index >= 15 is 0 Å². The topological polar surface area (TPSA) is 88.7 Å². The summed E-state index contributed by atoms with van der Waals surface area (Å²) in [5.41, 5.74) is 2.09. The molecule has 182 valence electrons. The van der Waals surface area contributed by atoms with Crippen LogP contribution in [0.15, 0.2) is 54.9 Å². The lowest BCUT2D eigenvalue weighted by Gasteiger charge is -2.20. The maximum absolute atomic E-state index is 13.4. The van der Waals surface area contributed by atoms with Crippen LogP contribution in [0.25, 0.3) is 0 Å². The van der Waals surface area contributed by atoms with Gasteiger partial charge in [-0.1, -0.05) is 12.1 Å². The molecule has 0 saturated carbocycles. The van der Waals surface area contributed by atoms with Crippen LogP contribution in [0, 0.1) is 5.82 Å². The minimum atomic E-state index is -0.900. The van der Waals surface area contributed by atoms with Crippen LogP contribution in [0.3, 0.4) is 0 Å². The first-order valence-electron chi connectivity index (χ1n) is 11.4. The van der Waals surface area contributed by atoms with E-state index in [2.05, 4.69) is 15.3 Å². The van der Waals surface area contributed by atoms with Crippen LogP contribution >= 0.6 is 0 Å². The number of carbonyl (C=O) groups is 2. The molecule has 0 unspecified atom stereocenters. The molecular formula is C25H26FN5O4. The fraction of sp³-hybridized carbons (Fsp3) is 0.320. The lowest BCUT2D eigenvalue weighted by molar-refractivity contribution is -0.120. The predicted octanol–water partition coefficient (Wildman–Crippen LogP) is 2.29. The van der Waals surface area contributed by atoms with E-state index in [9.17, 15) is 14.0 Å². The van der Waals surface area contributed by atoms with Crippen molar-refractivity contribution < 1.29 is 23.5 Å². The average Bonchev–Trinajstić information content (AvgIpc) is 3.57. The van der Waals surface area contributed by atoms with Crippen molar-refractivity contribution in [3.8, 4) is 11.5 Å². The van der Waals surface area contributed by atoms with Crippen LogP contribution in [-0.4, -0.2) is 72.6 Å². The molecule has 0 spiro atoms. The number of hydrogen-bond donors (Lipinski definition) is 1. The van der Waals surface area contributed by atoms with Crippen LogP contribution in [0.4, 0.5) is 14.9 Å². The standard InChI is InChI=1S/C25H26FN5O4/c1-29-22-13-20(34-10-9-30-7-8-30)5-6-23(22)35-16-21(24(29)32)28-25(33)31-15-18(14-27-31)11-17-3-2-4-19(26)12-17/h2-6,12-15,21H,7-11,16H2,1H3,(H,28,33)/t21-/m0/s1. The van der Waals surface area contributed by atoms with Gasteiger partial charge < -0.3 is 19.7 Å². The number of benzene rings is 2. The molecule has 1 fully saturated rings. The van der Waals surface area contributed by atoms with E-state index in [1.807, 2.05) is 6.07 Å². The molecule has 0 aliphatic carbocycles. The minimum absolute atomic E-state index is 0.0194. The van der Waals surface area contributed by atoms with Gasteiger partial charge in [0.25, 0.3) is 5.91 Å². The number of rotatable bonds is 7. The summed E-state index contributed by atoms with van der Waals surface area (Å²) in [6, 6.07) is 10.1. The average molecular weight is 480 g/mol. The Morgan fingerprint density at radius 3 is 2.89 bits per heavy atom. The van der Waals surface area contributed by atoms with Gasteiger partial charge in [-0.25, -0.2) is 9.18 Å². The minimum Gasteiger partial charge on any atom is -0.492 e. The Kier molecular flexibility index (Phi) is 6.37. The van der Waals surface area contributed by atoms with Crippen LogP contribution in [-0.2, 0) is 11.2 Å². The molecule has 2 aromatic carbocycles. The molecule has 35 heavy (non-hydrogen) atoms. The van der Waals surface area contributed by atoms with Crippen molar-refractivity contribution >= 4 is 17.6 Å². The first kappa shape index (κ1) is 22.9. The normalized spacial score (nSPS) is 17.4. The number of likely N-dealkylation sites (N-methyl/N-ethyl adjacent to an activating group) is 1. The summed E-state index contributed by atoms with van der Waals surface area (Å²) in [6.45, 7) is 3.64. The number of anilines is 1. The molecular weight excluding hydrogens is 453 g/mol. The number of aromatic nitrogens is 2. The molecule has 5 rings (SSSR count). The van der Waals surface area contributed by atoms with Crippen molar-refractivity contribution in [1.82, 2.24) is 20.0 Å². The first-order chi connectivity index (χ1) is 17.0. The van der Waals surface area contributed by atoms with Crippen molar-refractivity contribution in [3.63, 3.8) is 0 Å². The van der Waals surface area contributed by atoms with Gasteiger partial charge in [0.1, 0.15) is 36.6 Å². The number of nitrogens with zero attached hydrogens (tertiary/aromatic N) is 4. The SMILES string of the molecule is CN1C(=O)[C@@H](NC(=O)n2cc(Cc3cccc(F)c3)cn2)COc2ccc(OCCN3CC3)cc21. The fourth-order valence-corrected chi connectivity index (χ4v) is 3.92. The number of carbonyl (C=O) groups excluding carboxylic acids is 2. The van der Waals surface area contributed by atoms with Crippen molar-refractivity contribution in [2.24, 2.45) is 0 Å². The van der Waals surface area contributed by atoms with Gasteiger partial charge in [-0.2, -0.15) is 9.78 Å². The third-order valence-corrected chi connectivity index (χ3v) is 5.98. The summed E-state index contributed by atoms with van der Waals surface area (Å²) in [5, 5.41) is 6.78. The van der Waals surface area contributed by atoms with Crippen molar-refractivity contribution in [2.45, 2.75) is 12.5 Å².